The highest BCUT2D eigenvalue weighted by Gasteiger charge is 2.23. The number of rotatable bonds is 8. The lowest BCUT2D eigenvalue weighted by molar-refractivity contribution is 0.471. The molecule has 0 spiro atoms. The molecule has 1 aromatic rings. The molecule has 0 bridgehead atoms. The van der Waals surface area contributed by atoms with E-state index in [-0.39, 0.29) is 0 Å². The fourth-order valence-corrected chi connectivity index (χ4v) is 4.51. The van der Waals surface area contributed by atoms with E-state index < -0.39 is 7.37 Å². The normalized spacial score (nSPS) is 11.5. The lowest BCUT2D eigenvalue weighted by Crippen LogP contribution is -2.03. The van der Waals surface area contributed by atoms with Crippen LogP contribution in [0.5, 0.6) is 5.75 Å². The number of para-hydroxylation sites is 1. The van der Waals surface area contributed by atoms with Crippen molar-refractivity contribution in [3.63, 3.8) is 0 Å². The molecule has 0 amide bonds. The van der Waals surface area contributed by atoms with Crippen molar-refractivity contribution >= 4 is 20.0 Å². The second-order valence-corrected chi connectivity index (χ2v) is 7.72. The van der Waals surface area contributed by atoms with E-state index in [1.54, 1.807) is 0 Å². The SMILES string of the molecule is CCCCP(=O)(CCCC)Oc1ccccc1S. The minimum absolute atomic E-state index is 0.649. The van der Waals surface area contributed by atoms with Gasteiger partial charge in [0.15, 0.2) is 0 Å². The summed E-state index contributed by atoms with van der Waals surface area (Å²) in [6.45, 7) is 4.22. The largest absolute Gasteiger partial charge is 0.442 e. The predicted octanol–water partition coefficient (Wildman–Crippen LogP) is 5.23. The van der Waals surface area contributed by atoms with E-state index in [2.05, 4.69) is 26.5 Å². The zero-order chi connectivity index (χ0) is 13.4. The first kappa shape index (κ1) is 15.7. The highest BCUT2D eigenvalue weighted by atomic mass is 32.1. The van der Waals surface area contributed by atoms with Crippen molar-refractivity contribution < 1.29 is 9.09 Å². The monoisotopic (exact) mass is 286 g/mol. The topological polar surface area (TPSA) is 26.3 Å². The van der Waals surface area contributed by atoms with Crippen molar-refractivity contribution in [3.05, 3.63) is 24.3 Å². The number of thiol groups is 1. The Balaban J connectivity index is 2.77. The Labute approximate surface area is 116 Å². The molecule has 2 nitrogen and oxygen atoms in total. The zero-order valence-electron chi connectivity index (χ0n) is 11.3. The van der Waals surface area contributed by atoms with E-state index in [1.165, 1.54) is 0 Å². The zero-order valence-corrected chi connectivity index (χ0v) is 13.1. The van der Waals surface area contributed by atoms with Gasteiger partial charge < -0.3 is 4.52 Å². The molecule has 0 aromatic heterocycles. The van der Waals surface area contributed by atoms with Gasteiger partial charge in [0.1, 0.15) is 5.75 Å². The Hall–Kier alpha value is -0.400. The average molecular weight is 286 g/mol. The van der Waals surface area contributed by atoms with Gasteiger partial charge in [0.05, 0.1) is 0 Å². The Morgan fingerprint density at radius 2 is 1.67 bits per heavy atom. The van der Waals surface area contributed by atoms with Crippen molar-refractivity contribution in [2.24, 2.45) is 0 Å². The van der Waals surface area contributed by atoms with Crippen LogP contribution in [0.2, 0.25) is 0 Å². The molecule has 0 unspecified atom stereocenters. The number of benzene rings is 1. The van der Waals surface area contributed by atoms with Gasteiger partial charge in [-0.2, -0.15) is 0 Å². The van der Waals surface area contributed by atoms with Gasteiger partial charge in [0, 0.05) is 17.2 Å². The highest BCUT2D eigenvalue weighted by Crippen LogP contribution is 2.49. The first-order valence-electron chi connectivity index (χ1n) is 6.67. The molecular weight excluding hydrogens is 263 g/mol. The van der Waals surface area contributed by atoms with Gasteiger partial charge in [0.25, 0.3) is 0 Å². The summed E-state index contributed by atoms with van der Waals surface area (Å²) in [7, 11) is -2.55. The fourth-order valence-electron chi connectivity index (χ4n) is 1.71. The van der Waals surface area contributed by atoms with Crippen LogP contribution in [0.25, 0.3) is 0 Å². The van der Waals surface area contributed by atoms with Crippen LogP contribution in [0.1, 0.15) is 39.5 Å². The lowest BCUT2D eigenvalue weighted by Gasteiger charge is -2.20. The predicted molar refractivity (Wildman–Crippen MR) is 81.5 cm³/mol. The third-order valence-electron chi connectivity index (χ3n) is 2.83. The van der Waals surface area contributed by atoms with Crippen molar-refractivity contribution in [2.75, 3.05) is 12.3 Å². The van der Waals surface area contributed by atoms with Crippen molar-refractivity contribution in [1.82, 2.24) is 0 Å². The van der Waals surface area contributed by atoms with E-state index >= 15 is 0 Å². The molecule has 0 saturated heterocycles. The highest BCUT2D eigenvalue weighted by molar-refractivity contribution is 7.80. The Morgan fingerprint density at radius 1 is 1.11 bits per heavy atom. The van der Waals surface area contributed by atoms with Crippen LogP contribution in [0.4, 0.5) is 0 Å². The molecule has 0 N–H and O–H groups in total. The molecular formula is C14H23O2PS. The van der Waals surface area contributed by atoms with Gasteiger partial charge in [-0.1, -0.05) is 38.8 Å². The van der Waals surface area contributed by atoms with E-state index in [9.17, 15) is 4.57 Å². The number of unbranched alkanes of at least 4 members (excludes halogenated alkanes) is 2. The van der Waals surface area contributed by atoms with E-state index in [0.717, 1.165) is 30.6 Å². The van der Waals surface area contributed by atoms with Crippen LogP contribution in [-0.4, -0.2) is 12.3 Å². The standard InChI is InChI=1S/C14H23O2PS/c1-3-5-11-17(15,12-6-4-2)16-13-9-7-8-10-14(13)18/h7-10,18H,3-6,11-12H2,1-2H3. The summed E-state index contributed by atoms with van der Waals surface area (Å²) in [5.74, 6) is 0.649. The molecule has 0 radical (unpaired) electrons. The Bertz CT molecular complexity index is 395. The molecule has 0 aliphatic carbocycles. The van der Waals surface area contributed by atoms with E-state index in [0.29, 0.717) is 18.1 Å². The molecule has 18 heavy (non-hydrogen) atoms. The molecule has 1 rings (SSSR count). The maximum Gasteiger partial charge on any atom is 0.248 e. The minimum Gasteiger partial charge on any atom is -0.442 e. The molecule has 0 aliphatic rings. The second-order valence-electron chi connectivity index (χ2n) is 4.53. The summed E-state index contributed by atoms with van der Waals surface area (Å²) in [6, 6.07) is 7.49. The molecule has 0 heterocycles. The molecule has 0 fully saturated rings. The van der Waals surface area contributed by atoms with Crippen LogP contribution >= 0.6 is 20.0 Å². The third kappa shape index (κ3) is 5.07. The molecule has 102 valence electrons. The first-order chi connectivity index (χ1) is 8.61. The summed E-state index contributed by atoms with van der Waals surface area (Å²) in [5.41, 5.74) is 0. The van der Waals surface area contributed by atoms with Crippen molar-refractivity contribution in [2.45, 2.75) is 44.4 Å². The smallest absolute Gasteiger partial charge is 0.248 e. The van der Waals surface area contributed by atoms with Gasteiger partial charge in [-0.15, -0.1) is 12.6 Å². The van der Waals surface area contributed by atoms with Gasteiger partial charge in [0.2, 0.25) is 7.37 Å². The first-order valence-corrected chi connectivity index (χ1v) is 9.11. The van der Waals surface area contributed by atoms with Crippen LogP contribution < -0.4 is 4.52 Å². The number of hydrogen-bond acceptors (Lipinski definition) is 3. The van der Waals surface area contributed by atoms with Crippen LogP contribution in [0, 0.1) is 0 Å². The number of hydrogen-bond donors (Lipinski definition) is 1. The van der Waals surface area contributed by atoms with Gasteiger partial charge in [-0.25, -0.2) is 0 Å². The summed E-state index contributed by atoms with van der Waals surface area (Å²) in [4.78, 5) is 0.755. The summed E-state index contributed by atoms with van der Waals surface area (Å²) < 4.78 is 18.6. The average Bonchev–Trinajstić information content (AvgIpc) is 2.37. The van der Waals surface area contributed by atoms with Crippen molar-refractivity contribution in [1.29, 1.82) is 0 Å². The second kappa shape index (κ2) is 7.91. The fraction of sp³-hybridized carbons (Fsp3) is 0.571. The quantitative estimate of drug-likeness (QED) is 0.523. The van der Waals surface area contributed by atoms with E-state index in [1.807, 2.05) is 24.3 Å². The molecule has 0 atom stereocenters. The summed E-state index contributed by atoms with van der Waals surface area (Å²) in [6.07, 6.45) is 5.34. The molecule has 0 aliphatic heterocycles. The maximum atomic E-state index is 12.8. The minimum atomic E-state index is -2.55. The molecule has 4 heteroatoms. The van der Waals surface area contributed by atoms with Gasteiger partial charge in [-0.3, -0.25) is 4.57 Å². The van der Waals surface area contributed by atoms with Crippen LogP contribution in [-0.2, 0) is 4.57 Å². The van der Waals surface area contributed by atoms with Crippen LogP contribution in [0.3, 0.4) is 0 Å². The lowest BCUT2D eigenvalue weighted by atomic mass is 10.3. The third-order valence-corrected chi connectivity index (χ3v) is 5.73. The Morgan fingerprint density at radius 3 is 2.17 bits per heavy atom. The molecule has 1 aromatic carbocycles. The van der Waals surface area contributed by atoms with Gasteiger partial charge in [-0.05, 0) is 25.0 Å². The summed E-state index contributed by atoms with van der Waals surface area (Å²) >= 11 is 4.35. The van der Waals surface area contributed by atoms with Gasteiger partial charge >= 0.3 is 0 Å². The maximum absolute atomic E-state index is 12.8. The molecule has 0 saturated carbocycles. The summed E-state index contributed by atoms with van der Waals surface area (Å²) in [5, 5.41) is 0. The van der Waals surface area contributed by atoms with Crippen LogP contribution in [0.15, 0.2) is 29.2 Å². The van der Waals surface area contributed by atoms with E-state index in [4.69, 9.17) is 4.52 Å². The Kier molecular flexibility index (Phi) is 6.88. The van der Waals surface area contributed by atoms with Crippen molar-refractivity contribution in [3.8, 4) is 5.75 Å².